The summed E-state index contributed by atoms with van der Waals surface area (Å²) >= 11 is 13.0. The summed E-state index contributed by atoms with van der Waals surface area (Å²) in [6.45, 7) is 1.07. The van der Waals surface area contributed by atoms with Gasteiger partial charge < -0.3 is 24.6 Å². The zero-order chi connectivity index (χ0) is 27.3. The highest BCUT2D eigenvalue weighted by Gasteiger charge is 2.46. The number of nitrogens with zero attached hydrogens (tertiary/aromatic N) is 2. The second-order valence-corrected chi connectivity index (χ2v) is 11.2. The molecule has 1 saturated heterocycles. The number of ether oxygens (including phenoxy) is 1. The van der Waals surface area contributed by atoms with E-state index in [0.29, 0.717) is 33.8 Å². The largest absolute Gasteiger partial charge is 0.481 e. The van der Waals surface area contributed by atoms with Crippen LogP contribution in [-0.2, 0) is 20.9 Å². The number of benzene rings is 2. The first kappa shape index (κ1) is 26.1. The quantitative estimate of drug-likeness (QED) is 0.291. The van der Waals surface area contributed by atoms with Crippen molar-refractivity contribution in [1.82, 2.24) is 5.16 Å². The number of carboxylic acids is 1. The van der Waals surface area contributed by atoms with Crippen LogP contribution in [-0.4, -0.2) is 40.8 Å². The number of carbonyl (C=O) groups excluding carboxylic acids is 1. The fraction of sp³-hybridized carbons (Fsp3) is 0.393. The first-order chi connectivity index (χ1) is 18.8. The van der Waals surface area contributed by atoms with Gasteiger partial charge in [-0.2, -0.15) is 0 Å². The third-order valence-electron chi connectivity index (χ3n) is 7.76. The van der Waals surface area contributed by atoms with Crippen LogP contribution < -0.4 is 10.2 Å². The number of hydrogen-bond acceptors (Lipinski definition) is 6. The number of hydrogen-bond donors (Lipinski definition) is 2. The van der Waals surface area contributed by atoms with Gasteiger partial charge in [0, 0.05) is 41.2 Å². The average Bonchev–Trinajstić information content (AvgIpc) is 3.33. The lowest BCUT2D eigenvalue weighted by molar-refractivity contribution is -0.139. The van der Waals surface area contributed by atoms with E-state index in [9.17, 15) is 14.0 Å². The van der Waals surface area contributed by atoms with E-state index in [1.807, 2.05) is 0 Å². The van der Waals surface area contributed by atoms with Crippen LogP contribution in [0.15, 0.2) is 40.9 Å². The molecule has 3 fully saturated rings. The van der Waals surface area contributed by atoms with Crippen molar-refractivity contribution in [2.24, 2.45) is 5.92 Å². The van der Waals surface area contributed by atoms with Crippen LogP contribution in [0.1, 0.15) is 49.3 Å². The number of amides is 1. The van der Waals surface area contributed by atoms with Crippen LogP contribution in [0, 0.1) is 11.7 Å². The SMILES string of the molecule is O=C(O)CC(=O)Nc1ccc(N2C[C@@H]3C[C@H]2C[C@H]3OCc2c(-c3c(Cl)cccc3Cl)noc2C2CC2)cc1F. The molecule has 2 heterocycles. The Hall–Kier alpha value is -3.14. The Morgan fingerprint density at radius 3 is 2.59 bits per heavy atom. The summed E-state index contributed by atoms with van der Waals surface area (Å²) in [6.07, 6.45) is 3.17. The maximum atomic E-state index is 14.7. The normalized spacial score (nSPS) is 21.9. The van der Waals surface area contributed by atoms with Crippen LogP contribution in [0.2, 0.25) is 10.0 Å². The summed E-state index contributed by atoms with van der Waals surface area (Å²) in [7, 11) is 0. The highest BCUT2D eigenvalue weighted by molar-refractivity contribution is 6.39. The van der Waals surface area contributed by atoms with E-state index in [4.69, 9.17) is 37.6 Å². The van der Waals surface area contributed by atoms with Crippen LogP contribution in [0.5, 0.6) is 0 Å². The molecule has 11 heteroatoms. The smallest absolute Gasteiger partial charge is 0.312 e. The molecule has 2 saturated carbocycles. The summed E-state index contributed by atoms with van der Waals surface area (Å²) in [5.41, 5.74) is 2.86. The lowest BCUT2D eigenvalue weighted by atomic mass is 10.0. The van der Waals surface area contributed by atoms with E-state index in [2.05, 4.69) is 15.4 Å². The molecule has 3 aliphatic rings. The van der Waals surface area contributed by atoms with Crippen molar-refractivity contribution >= 4 is 46.5 Å². The summed E-state index contributed by atoms with van der Waals surface area (Å²) in [5.74, 6) is -1.18. The molecule has 2 aromatic carbocycles. The zero-order valence-electron chi connectivity index (χ0n) is 20.8. The third kappa shape index (κ3) is 5.23. The summed E-state index contributed by atoms with van der Waals surface area (Å²) in [5, 5.41) is 16.4. The minimum absolute atomic E-state index is 0.0369. The van der Waals surface area contributed by atoms with E-state index in [0.717, 1.165) is 49.2 Å². The van der Waals surface area contributed by atoms with Gasteiger partial charge in [0.2, 0.25) is 5.91 Å². The molecule has 1 amide bonds. The van der Waals surface area contributed by atoms with Crippen molar-refractivity contribution in [3.05, 3.63) is 63.6 Å². The third-order valence-corrected chi connectivity index (χ3v) is 8.39. The molecule has 2 N–H and O–H groups in total. The molecular weight excluding hydrogens is 548 g/mol. The molecule has 8 nitrogen and oxygen atoms in total. The molecule has 1 aliphatic heterocycles. The Morgan fingerprint density at radius 1 is 1.18 bits per heavy atom. The van der Waals surface area contributed by atoms with Gasteiger partial charge in [-0.05, 0) is 56.0 Å². The lowest BCUT2D eigenvalue weighted by Gasteiger charge is -2.33. The van der Waals surface area contributed by atoms with Gasteiger partial charge in [0.15, 0.2) is 0 Å². The van der Waals surface area contributed by atoms with Crippen molar-refractivity contribution in [2.75, 3.05) is 16.8 Å². The fourth-order valence-corrected chi connectivity index (χ4v) is 6.36. The zero-order valence-corrected chi connectivity index (χ0v) is 22.3. The molecular formula is C28H26Cl2FN3O5. The van der Waals surface area contributed by atoms with Crippen LogP contribution in [0.4, 0.5) is 15.8 Å². The van der Waals surface area contributed by atoms with E-state index in [1.165, 1.54) is 12.1 Å². The predicted octanol–water partition coefficient (Wildman–Crippen LogP) is 6.26. The van der Waals surface area contributed by atoms with Crippen molar-refractivity contribution in [1.29, 1.82) is 0 Å². The van der Waals surface area contributed by atoms with Crippen molar-refractivity contribution in [3.8, 4) is 11.3 Å². The van der Waals surface area contributed by atoms with Crippen molar-refractivity contribution in [3.63, 3.8) is 0 Å². The Morgan fingerprint density at radius 2 is 1.95 bits per heavy atom. The number of carbonyl (C=O) groups is 2. The van der Waals surface area contributed by atoms with Crippen LogP contribution >= 0.6 is 23.2 Å². The van der Waals surface area contributed by atoms with Gasteiger partial charge in [0.25, 0.3) is 0 Å². The summed E-state index contributed by atoms with van der Waals surface area (Å²) < 4.78 is 26.9. The van der Waals surface area contributed by atoms with E-state index >= 15 is 0 Å². The molecule has 2 aliphatic carbocycles. The van der Waals surface area contributed by atoms with Gasteiger partial charge in [-0.1, -0.05) is 34.4 Å². The maximum absolute atomic E-state index is 14.7. The minimum atomic E-state index is -1.27. The topological polar surface area (TPSA) is 105 Å². The van der Waals surface area contributed by atoms with E-state index in [1.54, 1.807) is 24.3 Å². The minimum Gasteiger partial charge on any atom is -0.481 e. The van der Waals surface area contributed by atoms with Crippen molar-refractivity contribution < 1.29 is 28.3 Å². The van der Waals surface area contributed by atoms with Gasteiger partial charge in [0.05, 0.1) is 28.4 Å². The number of piperidine rings is 1. The second kappa shape index (κ2) is 10.4. The number of nitrogens with one attached hydrogen (secondary N) is 1. The number of aromatic nitrogens is 1. The van der Waals surface area contributed by atoms with E-state index < -0.39 is 24.1 Å². The monoisotopic (exact) mass is 573 g/mol. The molecule has 0 spiro atoms. The highest BCUT2D eigenvalue weighted by atomic mass is 35.5. The predicted molar refractivity (Wildman–Crippen MR) is 144 cm³/mol. The average molecular weight is 574 g/mol. The molecule has 1 aromatic heterocycles. The molecule has 204 valence electrons. The van der Waals surface area contributed by atoms with Gasteiger partial charge in [-0.15, -0.1) is 0 Å². The summed E-state index contributed by atoms with van der Waals surface area (Å²) in [6, 6.07) is 10.2. The summed E-state index contributed by atoms with van der Waals surface area (Å²) in [4.78, 5) is 24.6. The molecule has 2 bridgehead atoms. The number of anilines is 2. The highest BCUT2D eigenvalue weighted by Crippen LogP contribution is 2.47. The number of carboxylic acid groups (broad SMARTS) is 1. The van der Waals surface area contributed by atoms with Gasteiger partial charge in [0.1, 0.15) is 23.7 Å². The van der Waals surface area contributed by atoms with Crippen LogP contribution in [0.3, 0.4) is 0 Å². The molecule has 0 unspecified atom stereocenters. The molecule has 3 atom stereocenters. The first-order valence-electron chi connectivity index (χ1n) is 12.9. The maximum Gasteiger partial charge on any atom is 0.312 e. The second-order valence-electron chi connectivity index (χ2n) is 10.4. The Kier molecular flexibility index (Phi) is 6.99. The van der Waals surface area contributed by atoms with Gasteiger partial charge >= 0.3 is 5.97 Å². The Bertz CT molecular complexity index is 1420. The Balaban J connectivity index is 1.12. The van der Waals surface area contributed by atoms with Crippen molar-refractivity contribution in [2.45, 2.75) is 56.8 Å². The molecule has 6 rings (SSSR count). The first-order valence-corrected chi connectivity index (χ1v) is 13.7. The molecule has 3 aromatic rings. The number of rotatable bonds is 9. The van der Waals surface area contributed by atoms with Gasteiger partial charge in [-0.25, -0.2) is 4.39 Å². The number of aliphatic carboxylic acids is 1. The lowest BCUT2D eigenvalue weighted by Crippen LogP contribution is -2.38. The van der Waals surface area contributed by atoms with Crippen LogP contribution in [0.25, 0.3) is 11.3 Å². The Labute approximate surface area is 234 Å². The number of halogens is 3. The molecule has 39 heavy (non-hydrogen) atoms. The number of fused-ring (bicyclic) bond motifs is 2. The molecule has 0 radical (unpaired) electrons. The van der Waals surface area contributed by atoms with E-state index in [-0.39, 0.29) is 23.8 Å². The fourth-order valence-electron chi connectivity index (χ4n) is 5.78. The standard InChI is InChI=1S/C28H26Cl2FN3O5/c29-19-2-1-3-20(30)26(19)27-18(28(39-33-27)14-4-5-14)13-38-23-10-17-8-15(23)12-34(17)16-6-7-22(21(31)9-16)32-24(35)11-25(36)37/h1-3,6-7,9,14-15,17,23H,4-5,8,10-13H2,(H,32,35)(H,36,37)/t15-,17-,23+/m0/s1. The van der Waals surface area contributed by atoms with Gasteiger partial charge in [-0.3, -0.25) is 9.59 Å².